The molecule has 0 N–H and O–H groups in total. The summed E-state index contributed by atoms with van der Waals surface area (Å²) in [6.07, 6.45) is 0. The Kier molecular flexibility index (Phi) is 6.18. The molecule has 5 aliphatic carbocycles. The number of benzene rings is 1. The van der Waals surface area contributed by atoms with Crippen molar-refractivity contribution in [2.45, 2.75) is 40.0 Å². The van der Waals surface area contributed by atoms with E-state index in [-0.39, 0.29) is 25.8 Å². The molecule has 36 heavy (non-hydrogen) atoms. The van der Waals surface area contributed by atoms with Crippen LogP contribution in [0.15, 0.2) is 32.3 Å². The number of allylic oxidation sites excluding steroid dienone is 4. The van der Waals surface area contributed by atoms with E-state index in [1.54, 1.807) is 6.07 Å². The third-order valence-electron chi connectivity index (χ3n) is 8.39. The largest absolute Gasteiger partial charge is 0.282 e. The molecule has 6 rings (SSSR count). The Labute approximate surface area is 278 Å². The van der Waals surface area contributed by atoms with Crippen LogP contribution in [-0.4, -0.2) is 33.1 Å². The highest BCUT2D eigenvalue weighted by atomic mass is 127. The second-order valence-electron chi connectivity index (χ2n) is 9.45. The molecule has 194 valence electrons. The lowest BCUT2D eigenvalue weighted by Gasteiger charge is -2.52. The van der Waals surface area contributed by atoms with E-state index in [1.165, 1.54) is 6.07 Å². The SMILES string of the molecule is O=[N+]([O-])c1cc2c(cc1I)[C@@H]1[C@H]([C@H]3[C@@H]2[C@@]2(Cl)C(Cl)=C(Cl)[C@@]3(Cl)C2(Cl)Cl)[C@@]2(Cl)C(Cl)=C(Cl)[C@@]1(Cl)C2(Cl)Cl. The van der Waals surface area contributed by atoms with E-state index >= 15 is 0 Å². The molecule has 0 unspecified atom stereocenters. The van der Waals surface area contributed by atoms with Crippen molar-refractivity contribution < 1.29 is 4.92 Å². The summed E-state index contributed by atoms with van der Waals surface area (Å²) in [6.45, 7) is 0. The van der Waals surface area contributed by atoms with Crippen molar-refractivity contribution in [3.63, 3.8) is 0 Å². The van der Waals surface area contributed by atoms with Crippen molar-refractivity contribution in [2.24, 2.45) is 11.8 Å². The molecule has 0 radical (unpaired) electrons. The quantitative estimate of drug-likeness (QED) is 0.122. The third-order valence-corrected chi connectivity index (χ3v) is 17.8. The summed E-state index contributed by atoms with van der Waals surface area (Å²) < 4.78 is -3.63. The van der Waals surface area contributed by atoms with Crippen molar-refractivity contribution in [3.05, 3.63) is 57.1 Å². The summed E-state index contributed by atoms with van der Waals surface area (Å²) in [7, 11) is 0. The van der Waals surface area contributed by atoms with Crippen molar-refractivity contribution in [3.8, 4) is 0 Å². The van der Waals surface area contributed by atoms with Gasteiger partial charge in [-0.05, 0) is 39.8 Å². The fourth-order valence-electron chi connectivity index (χ4n) is 7.05. The molecule has 2 saturated carbocycles. The van der Waals surface area contributed by atoms with E-state index in [0.717, 1.165) is 0 Å². The number of halogens is 13. The standard InChI is InChI=1S/C20H6Cl12INO2/c21-11-13(23)17(27)9-7(15(11,25)19(17,29)30)3-1-5(33)6(34(35)36)2-4(3)8-10(9)18(28)14(24)12(22)16(8,26)20(18,31)32/h1-2,7-10H/t7-,8-,9-,10-,15-,16-,17-,18-/m1/s1. The van der Waals surface area contributed by atoms with Crippen LogP contribution in [0.25, 0.3) is 0 Å². The third kappa shape index (κ3) is 2.51. The topological polar surface area (TPSA) is 43.1 Å². The molecular formula is C20H6Cl12INO2. The number of nitrogens with zero attached hydrogens (tertiary/aromatic N) is 1. The first kappa shape index (κ1) is 28.4. The second-order valence-corrected chi connectivity index (χ2v) is 17.2. The van der Waals surface area contributed by atoms with Crippen LogP contribution in [0.2, 0.25) is 0 Å². The van der Waals surface area contributed by atoms with Gasteiger partial charge < -0.3 is 0 Å². The number of nitro groups is 1. The number of alkyl halides is 8. The van der Waals surface area contributed by atoms with Gasteiger partial charge >= 0.3 is 0 Å². The monoisotopic (exact) mass is 839 g/mol. The summed E-state index contributed by atoms with van der Waals surface area (Å²) >= 11 is 85.2. The van der Waals surface area contributed by atoms with Gasteiger partial charge in [0.1, 0.15) is 19.5 Å². The van der Waals surface area contributed by atoms with Crippen LogP contribution in [0, 0.1) is 25.5 Å². The molecule has 0 aliphatic heterocycles. The van der Waals surface area contributed by atoms with E-state index < -0.39 is 56.8 Å². The van der Waals surface area contributed by atoms with Gasteiger partial charge in [-0.15, -0.1) is 46.4 Å². The summed E-state index contributed by atoms with van der Waals surface area (Å²) in [5.41, 5.74) is 0.713. The van der Waals surface area contributed by atoms with Crippen molar-refractivity contribution in [2.75, 3.05) is 0 Å². The highest BCUT2D eigenvalue weighted by Gasteiger charge is 2.91. The molecule has 5 aliphatic rings. The molecule has 0 aromatic heterocycles. The average molecular weight is 845 g/mol. The fraction of sp³-hybridized carbons (Fsp3) is 0.500. The van der Waals surface area contributed by atoms with Gasteiger partial charge in [-0.25, -0.2) is 0 Å². The van der Waals surface area contributed by atoms with E-state index in [9.17, 15) is 10.1 Å². The lowest BCUT2D eigenvalue weighted by Crippen LogP contribution is -2.53. The van der Waals surface area contributed by atoms with Gasteiger partial charge in [-0.2, -0.15) is 0 Å². The van der Waals surface area contributed by atoms with Crippen molar-refractivity contribution in [1.29, 1.82) is 0 Å². The van der Waals surface area contributed by atoms with E-state index in [4.69, 9.17) is 139 Å². The van der Waals surface area contributed by atoms with Gasteiger partial charge in [-0.3, -0.25) is 10.1 Å². The Morgan fingerprint density at radius 1 is 0.667 bits per heavy atom. The molecule has 0 spiro atoms. The zero-order chi connectivity index (χ0) is 26.9. The predicted octanol–water partition coefficient (Wildman–Crippen LogP) is 10.3. The van der Waals surface area contributed by atoms with E-state index in [1.807, 2.05) is 22.6 Å². The molecule has 8 atom stereocenters. The fourth-order valence-corrected chi connectivity index (χ4v) is 13.8. The first-order valence-corrected chi connectivity index (χ1v) is 15.5. The second kappa shape index (κ2) is 7.82. The normalized spacial score (nSPS) is 46.8. The Balaban J connectivity index is 1.80. The molecule has 3 nitrogen and oxygen atoms in total. The highest BCUT2D eigenvalue weighted by molar-refractivity contribution is 14.1. The molecule has 2 fully saturated rings. The summed E-state index contributed by atoms with van der Waals surface area (Å²) in [6, 6.07) is 2.99. The maximum absolute atomic E-state index is 11.9. The minimum Gasteiger partial charge on any atom is -0.258 e. The zero-order valence-electron chi connectivity index (χ0n) is 16.6. The van der Waals surface area contributed by atoms with Crippen LogP contribution >= 0.6 is 162 Å². The Morgan fingerprint density at radius 2 is 1.00 bits per heavy atom. The Hall–Kier alpha value is 2.31. The maximum atomic E-state index is 11.9. The number of nitro benzene ring substituents is 1. The van der Waals surface area contributed by atoms with Gasteiger partial charge in [0.05, 0.1) is 28.6 Å². The van der Waals surface area contributed by atoms with Crippen LogP contribution < -0.4 is 0 Å². The molecule has 0 saturated heterocycles. The van der Waals surface area contributed by atoms with Crippen LogP contribution in [0.4, 0.5) is 5.69 Å². The summed E-state index contributed by atoms with van der Waals surface area (Å²) in [5, 5.41) is 11.7. The zero-order valence-corrected chi connectivity index (χ0v) is 27.9. The van der Waals surface area contributed by atoms with Crippen molar-refractivity contribution in [1.82, 2.24) is 0 Å². The average Bonchev–Trinajstić information content (AvgIpc) is 3.12. The molecule has 4 bridgehead atoms. The smallest absolute Gasteiger partial charge is 0.258 e. The van der Waals surface area contributed by atoms with Crippen LogP contribution in [0.1, 0.15) is 23.0 Å². The van der Waals surface area contributed by atoms with Gasteiger partial charge in [-0.1, -0.05) is 92.8 Å². The minimum absolute atomic E-state index is 0.0418. The predicted molar refractivity (Wildman–Crippen MR) is 159 cm³/mol. The lowest BCUT2D eigenvalue weighted by molar-refractivity contribution is -0.385. The van der Waals surface area contributed by atoms with Crippen LogP contribution in [0.3, 0.4) is 0 Å². The lowest BCUT2D eigenvalue weighted by atomic mass is 9.57. The minimum atomic E-state index is -1.99. The number of hydrogen-bond acceptors (Lipinski definition) is 2. The van der Waals surface area contributed by atoms with Crippen LogP contribution in [0.5, 0.6) is 0 Å². The van der Waals surface area contributed by atoms with Crippen LogP contribution in [-0.2, 0) is 0 Å². The molecule has 1 aromatic carbocycles. The first-order chi connectivity index (χ1) is 16.3. The number of rotatable bonds is 1. The van der Waals surface area contributed by atoms with Gasteiger partial charge in [0, 0.05) is 29.7 Å². The summed E-state index contributed by atoms with van der Waals surface area (Å²) in [5.74, 6) is -3.55. The number of fused-ring (bicyclic) bond motifs is 14. The van der Waals surface area contributed by atoms with Crippen molar-refractivity contribution >= 4 is 167 Å². The summed E-state index contributed by atoms with van der Waals surface area (Å²) in [4.78, 5) is 4.26. The van der Waals surface area contributed by atoms with Gasteiger partial charge in [0.15, 0.2) is 8.67 Å². The molecule has 0 heterocycles. The maximum Gasteiger partial charge on any atom is 0.282 e. The molecular weight excluding hydrogens is 839 g/mol. The Morgan fingerprint density at radius 3 is 1.36 bits per heavy atom. The first-order valence-electron chi connectivity index (χ1n) is 9.93. The van der Waals surface area contributed by atoms with E-state index in [2.05, 4.69) is 0 Å². The van der Waals surface area contributed by atoms with E-state index in [0.29, 0.717) is 14.7 Å². The highest BCUT2D eigenvalue weighted by Crippen LogP contribution is 2.88. The molecule has 0 amide bonds. The number of hydrogen-bond donors (Lipinski definition) is 0. The Bertz CT molecular complexity index is 1400. The van der Waals surface area contributed by atoms with Gasteiger partial charge in [0.25, 0.3) is 5.69 Å². The molecule has 1 aromatic rings. The van der Waals surface area contributed by atoms with Gasteiger partial charge in [0.2, 0.25) is 0 Å². The molecule has 16 heteroatoms.